The number of fused-ring (bicyclic) bond motifs is 1. The van der Waals surface area contributed by atoms with Gasteiger partial charge in [0.05, 0.1) is 22.9 Å². The minimum atomic E-state index is -0.298. The van der Waals surface area contributed by atoms with Gasteiger partial charge < -0.3 is 4.74 Å². The number of benzene rings is 2. The molecule has 2 aromatic carbocycles. The van der Waals surface area contributed by atoms with Crippen molar-refractivity contribution in [2.75, 3.05) is 18.7 Å². The molecule has 1 N–H and O–H groups in total. The standard InChI is InChI=1S/C16H13ClN2O2S2/c1-21-13-6-3-9(17)7-11(13)15(20)19-16-18-12-5-4-10(22-2)8-14(12)23-16/h3-8H,1-2H3,(H,18,19,20). The molecule has 23 heavy (non-hydrogen) atoms. The van der Waals surface area contributed by atoms with E-state index < -0.39 is 0 Å². The number of hydrogen-bond acceptors (Lipinski definition) is 5. The van der Waals surface area contributed by atoms with Gasteiger partial charge in [0.25, 0.3) is 5.91 Å². The first-order chi connectivity index (χ1) is 11.1. The van der Waals surface area contributed by atoms with Gasteiger partial charge in [-0.05, 0) is 42.7 Å². The highest BCUT2D eigenvalue weighted by atomic mass is 35.5. The molecule has 1 amide bonds. The van der Waals surface area contributed by atoms with Crippen LogP contribution in [0.3, 0.4) is 0 Å². The molecule has 0 bridgehead atoms. The lowest BCUT2D eigenvalue weighted by atomic mass is 10.2. The van der Waals surface area contributed by atoms with Crippen LogP contribution in [0.2, 0.25) is 5.02 Å². The molecule has 0 spiro atoms. The number of nitrogens with one attached hydrogen (secondary N) is 1. The third kappa shape index (κ3) is 3.44. The fourth-order valence-electron chi connectivity index (χ4n) is 2.11. The van der Waals surface area contributed by atoms with E-state index in [4.69, 9.17) is 16.3 Å². The third-order valence-corrected chi connectivity index (χ3v) is 5.12. The van der Waals surface area contributed by atoms with Crippen LogP contribution in [0.15, 0.2) is 41.3 Å². The summed E-state index contributed by atoms with van der Waals surface area (Å²) in [6, 6.07) is 11.0. The molecular formula is C16H13ClN2O2S2. The van der Waals surface area contributed by atoms with E-state index in [0.717, 1.165) is 15.1 Å². The van der Waals surface area contributed by atoms with Gasteiger partial charge in [-0.15, -0.1) is 11.8 Å². The molecular weight excluding hydrogens is 352 g/mol. The molecule has 0 aliphatic carbocycles. The zero-order valence-corrected chi connectivity index (χ0v) is 14.8. The molecule has 0 saturated heterocycles. The maximum Gasteiger partial charge on any atom is 0.261 e. The number of halogens is 1. The van der Waals surface area contributed by atoms with Gasteiger partial charge in [-0.1, -0.05) is 22.9 Å². The smallest absolute Gasteiger partial charge is 0.261 e. The molecule has 0 unspecified atom stereocenters. The fraction of sp³-hybridized carbons (Fsp3) is 0.125. The van der Waals surface area contributed by atoms with Crippen molar-refractivity contribution in [3.8, 4) is 5.75 Å². The van der Waals surface area contributed by atoms with Gasteiger partial charge in [0.1, 0.15) is 5.75 Å². The number of ether oxygens (including phenoxy) is 1. The highest BCUT2D eigenvalue weighted by Gasteiger charge is 2.15. The first-order valence-electron chi connectivity index (χ1n) is 6.70. The Balaban J connectivity index is 1.89. The first-order valence-corrected chi connectivity index (χ1v) is 9.12. The van der Waals surface area contributed by atoms with Gasteiger partial charge in [0.2, 0.25) is 0 Å². The van der Waals surface area contributed by atoms with E-state index in [2.05, 4.69) is 16.4 Å². The zero-order valence-electron chi connectivity index (χ0n) is 12.4. The average Bonchev–Trinajstić information content (AvgIpc) is 2.95. The fourth-order valence-corrected chi connectivity index (χ4v) is 3.69. The topological polar surface area (TPSA) is 51.2 Å². The zero-order chi connectivity index (χ0) is 16.4. The number of methoxy groups -OCH3 is 1. The molecule has 7 heteroatoms. The summed E-state index contributed by atoms with van der Waals surface area (Å²) in [7, 11) is 1.52. The molecule has 3 rings (SSSR count). The first kappa shape index (κ1) is 16.1. The predicted molar refractivity (Wildman–Crippen MR) is 97.4 cm³/mol. The third-order valence-electron chi connectivity index (χ3n) is 3.22. The number of rotatable bonds is 4. The number of carbonyl (C=O) groups excluding carboxylic acids is 1. The second-order valence-corrected chi connectivity index (χ2v) is 7.00. The number of nitrogens with zero attached hydrogens (tertiary/aromatic N) is 1. The van der Waals surface area contributed by atoms with Crippen LogP contribution in [0.25, 0.3) is 10.2 Å². The molecule has 4 nitrogen and oxygen atoms in total. The van der Waals surface area contributed by atoms with Crippen molar-refractivity contribution in [2.45, 2.75) is 4.90 Å². The molecule has 0 radical (unpaired) electrons. The van der Waals surface area contributed by atoms with Crippen LogP contribution in [0, 0.1) is 0 Å². The molecule has 0 aliphatic heterocycles. The van der Waals surface area contributed by atoms with Crippen LogP contribution in [0.5, 0.6) is 5.75 Å². The number of carbonyl (C=O) groups is 1. The van der Waals surface area contributed by atoms with Crippen molar-refractivity contribution >= 4 is 56.0 Å². The second kappa shape index (κ2) is 6.78. The lowest BCUT2D eigenvalue weighted by Crippen LogP contribution is -2.13. The van der Waals surface area contributed by atoms with Crippen LogP contribution in [-0.4, -0.2) is 24.3 Å². The van der Waals surface area contributed by atoms with Gasteiger partial charge in [-0.2, -0.15) is 0 Å². The summed E-state index contributed by atoms with van der Waals surface area (Å²) < 4.78 is 6.24. The van der Waals surface area contributed by atoms with Gasteiger partial charge >= 0.3 is 0 Å². The normalized spacial score (nSPS) is 10.7. The Morgan fingerprint density at radius 2 is 2.13 bits per heavy atom. The highest BCUT2D eigenvalue weighted by molar-refractivity contribution is 7.98. The van der Waals surface area contributed by atoms with Gasteiger partial charge in [-0.25, -0.2) is 4.98 Å². The summed E-state index contributed by atoms with van der Waals surface area (Å²) in [5.41, 5.74) is 1.24. The number of anilines is 1. The number of thiazole rings is 1. The Labute approximate surface area is 146 Å². The van der Waals surface area contributed by atoms with E-state index in [1.807, 2.05) is 18.4 Å². The van der Waals surface area contributed by atoms with Gasteiger partial charge in [-0.3, -0.25) is 10.1 Å². The quantitative estimate of drug-likeness (QED) is 0.667. The average molecular weight is 365 g/mol. The Kier molecular flexibility index (Phi) is 4.75. The molecule has 0 saturated carbocycles. The predicted octanol–water partition coefficient (Wildman–Crippen LogP) is 4.93. The Morgan fingerprint density at radius 1 is 1.30 bits per heavy atom. The van der Waals surface area contributed by atoms with Crippen LogP contribution >= 0.6 is 34.7 Å². The van der Waals surface area contributed by atoms with E-state index >= 15 is 0 Å². The van der Waals surface area contributed by atoms with E-state index in [1.165, 1.54) is 18.4 Å². The minimum absolute atomic E-state index is 0.298. The van der Waals surface area contributed by atoms with E-state index in [1.54, 1.807) is 30.0 Å². The van der Waals surface area contributed by atoms with Gasteiger partial charge in [0.15, 0.2) is 5.13 Å². The van der Waals surface area contributed by atoms with Crippen LogP contribution in [-0.2, 0) is 0 Å². The SMILES string of the molecule is COc1ccc(Cl)cc1C(=O)Nc1nc2ccc(SC)cc2s1. The molecule has 1 aromatic heterocycles. The molecule has 3 aromatic rings. The summed E-state index contributed by atoms with van der Waals surface area (Å²) >= 11 is 9.08. The number of aromatic nitrogens is 1. The Morgan fingerprint density at radius 3 is 2.87 bits per heavy atom. The summed E-state index contributed by atoms with van der Waals surface area (Å²) in [5.74, 6) is 0.172. The van der Waals surface area contributed by atoms with E-state index in [-0.39, 0.29) is 5.91 Å². The van der Waals surface area contributed by atoms with Crippen molar-refractivity contribution in [1.29, 1.82) is 0 Å². The van der Waals surface area contributed by atoms with Crippen LogP contribution < -0.4 is 10.1 Å². The molecule has 0 aliphatic rings. The maximum absolute atomic E-state index is 12.5. The number of amides is 1. The molecule has 0 fully saturated rings. The minimum Gasteiger partial charge on any atom is -0.496 e. The summed E-state index contributed by atoms with van der Waals surface area (Å²) in [4.78, 5) is 18.1. The van der Waals surface area contributed by atoms with Crippen LogP contribution in [0.1, 0.15) is 10.4 Å². The van der Waals surface area contributed by atoms with Crippen molar-refractivity contribution in [3.63, 3.8) is 0 Å². The highest BCUT2D eigenvalue weighted by Crippen LogP contribution is 2.30. The molecule has 118 valence electrons. The number of hydrogen-bond donors (Lipinski definition) is 1. The van der Waals surface area contributed by atoms with Gasteiger partial charge in [0, 0.05) is 9.92 Å². The van der Waals surface area contributed by atoms with Crippen molar-refractivity contribution < 1.29 is 9.53 Å². The van der Waals surface area contributed by atoms with Crippen molar-refractivity contribution in [3.05, 3.63) is 47.0 Å². The lowest BCUT2D eigenvalue weighted by Gasteiger charge is -2.08. The molecule has 0 atom stereocenters. The summed E-state index contributed by atoms with van der Waals surface area (Å²) in [6.07, 6.45) is 2.02. The summed E-state index contributed by atoms with van der Waals surface area (Å²) in [6.45, 7) is 0. The maximum atomic E-state index is 12.5. The van der Waals surface area contributed by atoms with E-state index in [9.17, 15) is 4.79 Å². The van der Waals surface area contributed by atoms with Crippen molar-refractivity contribution in [2.24, 2.45) is 0 Å². The lowest BCUT2D eigenvalue weighted by molar-refractivity contribution is 0.102. The Bertz CT molecular complexity index is 880. The second-order valence-electron chi connectivity index (χ2n) is 4.65. The largest absolute Gasteiger partial charge is 0.496 e. The molecule has 1 heterocycles. The summed E-state index contributed by atoms with van der Waals surface area (Å²) in [5, 5.41) is 3.83. The van der Waals surface area contributed by atoms with Crippen LogP contribution in [0.4, 0.5) is 5.13 Å². The van der Waals surface area contributed by atoms with Crippen molar-refractivity contribution in [1.82, 2.24) is 4.98 Å². The monoisotopic (exact) mass is 364 g/mol. The Hall–Kier alpha value is -1.76. The number of thioether (sulfide) groups is 1. The van der Waals surface area contributed by atoms with E-state index in [0.29, 0.717) is 21.5 Å².